The lowest BCUT2D eigenvalue weighted by Crippen LogP contribution is -2.25. The number of allylic oxidation sites excluding steroid dienone is 2. The van der Waals surface area contributed by atoms with Crippen molar-refractivity contribution in [3.63, 3.8) is 0 Å². The molecular formula is C20H24N2O3S. The summed E-state index contributed by atoms with van der Waals surface area (Å²) >= 11 is 1.78. The van der Waals surface area contributed by atoms with Crippen molar-refractivity contribution < 1.29 is 14.3 Å². The predicted octanol–water partition coefficient (Wildman–Crippen LogP) is 4.08. The van der Waals surface area contributed by atoms with E-state index in [9.17, 15) is 10.1 Å². The Hall–Kier alpha value is -2.39. The highest BCUT2D eigenvalue weighted by atomic mass is 32.2. The number of hydrogen-bond acceptors (Lipinski definition) is 6. The molecule has 1 heterocycles. The molecule has 1 aliphatic heterocycles. The average molecular weight is 372 g/mol. The fraction of sp³-hybridized carbons (Fsp3) is 0.400. The number of rotatable bonds is 6. The molecule has 0 radical (unpaired) electrons. The lowest BCUT2D eigenvalue weighted by atomic mass is 9.83. The van der Waals surface area contributed by atoms with Gasteiger partial charge in [-0.1, -0.05) is 26.0 Å². The number of hydrogen-bond donors (Lipinski definition) is 1. The third-order valence-electron chi connectivity index (χ3n) is 3.90. The quantitative estimate of drug-likeness (QED) is 0.598. The molecule has 138 valence electrons. The summed E-state index contributed by atoms with van der Waals surface area (Å²) in [5.41, 5.74) is 7.25. The van der Waals surface area contributed by atoms with E-state index in [2.05, 4.69) is 19.9 Å². The normalized spacial score (nSPS) is 17.2. The van der Waals surface area contributed by atoms with Crippen molar-refractivity contribution in [2.24, 2.45) is 11.7 Å². The van der Waals surface area contributed by atoms with Gasteiger partial charge in [-0.25, -0.2) is 4.79 Å². The molecule has 0 saturated carbocycles. The van der Waals surface area contributed by atoms with Gasteiger partial charge in [-0.15, -0.1) is 11.8 Å². The van der Waals surface area contributed by atoms with Crippen LogP contribution in [0.2, 0.25) is 0 Å². The maximum absolute atomic E-state index is 12.5. The van der Waals surface area contributed by atoms with Crippen LogP contribution in [0.25, 0.3) is 0 Å². The van der Waals surface area contributed by atoms with Crippen LogP contribution < -0.4 is 5.73 Å². The van der Waals surface area contributed by atoms with Gasteiger partial charge in [-0.05, 0) is 37.5 Å². The van der Waals surface area contributed by atoms with Crippen molar-refractivity contribution in [1.29, 1.82) is 5.26 Å². The zero-order valence-electron chi connectivity index (χ0n) is 15.5. The topological polar surface area (TPSA) is 85.3 Å². The minimum Gasteiger partial charge on any atom is -0.463 e. The standard InChI is InChI=1S/C20H24N2O3S/c1-5-24-20(23)17-13(4)25-19(22)16(10-21)18(17)14-6-8-15(9-7-14)26-11-12(2)3/h6-9,12,18H,5,11,22H2,1-4H3. The van der Waals surface area contributed by atoms with Gasteiger partial charge in [-0.3, -0.25) is 0 Å². The highest BCUT2D eigenvalue weighted by molar-refractivity contribution is 7.99. The number of benzene rings is 1. The molecule has 5 nitrogen and oxygen atoms in total. The number of ether oxygens (including phenoxy) is 2. The van der Waals surface area contributed by atoms with Crippen LogP contribution in [0.1, 0.15) is 39.2 Å². The van der Waals surface area contributed by atoms with Gasteiger partial charge >= 0.3 is 5.97 Å². The Kier molecular flexibility index (Phi) is 6.76. The molecule has 1 unspecified atom stereocenters. The van der Waals surface area contributed by atoms with E-state index < -0.39 is 11.9 Å². The molecule has 0 aromatic heterocycles. The van der Waals surface area contributed by atoms with Gasteiger partial charge in [0.1, 0.15) is 17.4 Å². The summed E-state index contributed by atoms with van der Waals surface area (Å²) in [7, 11) is 0. The van der Waals surface area contributed by atoms with Crippen molar-refractivity contribution in [3.05, 3.63) is 52.6 Å². The minimum absolute atomic E-state index is 0.0290. The molecule has 1 aliphatic rings. The molecule has 1 aromatic carbocycles. The second-order valence-electron chi connectivity index (χ2n) is 6.39. The summed E-state index contributed by atoms with van der Waals surface area (Å²) in [4.78, 5) is 13.6. The lowest BCUT2D eigenvalue weighted by Gasteiger charge is -2.26. The maximum Gasteiger partial charge on any atom is 0.338 e. The summed E-state index contributed by atoms with van der Waals surface area (Å²) < 4.78 is 10.6. The van der Waals surface area contributed by atoms with Gasteiger partial charge < -0.3 is 15.2 Å². The Labute approximate surface area is 158 Å². The molecule has 0 spiro atoms. The number of nitrogens with zero attached hydrogens (tertiary/aromatic N) is 1. The predicted molar refractivity (Wildman–Crippen MR) is 102 cm³/mol. The molecule has 2 N–H and O–H groups in total. The van der Waals surface area contributed by atoms with Crippen LogP contribution in [-0.4, -0.2) is 18.3 Å². The zero-order chi connectivity index (χ0) is 19.3. The monoisotopic (exact) mass is 372 g/mol. The third-order valence-corrected chi connectivity index (χ3v) is 5.34. The molecule has 2 rings (SSSR count). The van der Waals surface area contributed by atoms with Gasteiger partial charge in [0, 0.05) is 10.6 Å². The number of nitrogens with two attached hydrogens (primary N) is 1. The zero-order valence-corrected chi connectivity index (χ0v) is 16.4. The Morgan fingerprint density at radius 3 is 2.58 bits per heavy atom. The van der Waals surface area contributed by atoms with E-state index in [1.54, 1.807) is 25.6 Å². The first-order valence-corrected chi connectivity index (χ1v) is 9.55. The Bertz CT molecular complexity index is 773. The summed E-state index contributed by atoms with van der Waals surface area (Å²) in [5.74, 6) is 0.944. The SMILES string of the molecule is CCOC(=O)C1=C(C)OC(N)=C(C#N)C1c1ccc(SCC(C)C)cc1. The lowest BCUT2D eigenvalue weighted by molar-refractivity contribution is -0.139. The molecule has 26 heavy (non-hydrogen) atoms. The molecule has 0 bridgehead atoms. The van der Waals surface area contributed by atoms with Crippen LogP contribution in [-0.2, 0) is 14.3 Å². The molecule has 0 fully saturated rings. The first kappa shape index (κ1) is 19.9. The van der Waals surface area contributed by atoms with Gasteiger partial charge in [-0.2, -0.15) is 5.26 Å². The Morgan fingerprint density at radius 1 is 1.38 bits per heavy atom. The van der Waals surface area contributed by atoms with Crippen LogP contribution in [0.4, 0.5) is 0 Å². The average Bonchev–Trinajstić information content (AvgIpc) is 2.60. The van der Waals surface area contributed by atoms with Gasteiger partial charge in [0.25, 0.3) is 0 Å². The van der Waals surface area contributed by atoms with E-state index >= 15 is 0 Å². The number of thioether (sulfide) groups is 1. The molecule has 0 amide bonds. The largest absolute Gasteiger partial charge is 0.463 e. The van der Waals surface area contributed by atoms with Gasteiger partial charge in [0.15, 0.2) is 0 Å². The van der Waals surface area contributed by atoms with Crippen molar-refractivity contribution >= 4 is 17.7 Å². The molecular weight excluding hydrogens is 348 g/mol. The van der Waals surface area contributed by atoms with Crippen molar-refractivity contribution in [1.82, 2.24) is 0 Å². The fourth-order valence-corrected chi connectivity index (χ4v) is 3.56. The van der Waals surface area contributed by atoms with E-state index in [4.69, 9.17) is 15.2 Å². The fourth-order valence-electron chi connectivity index (χ4n) is 2.71. The van der Waals surface area contributed by atoms with Crippen LogP contribution in [0, 0.1) is 17.2 Å². The van der Waals surface area contributed by atoms with Crippen LogP contribution in [0.15, 0.2) is 51.9 Å². The number of carbonyl (C=O) groups is 1. The van der Waals surface area contributed by atoms with Crippen LogP contribution in [0.3, 0.4) is 0 Å². The van der Waals surface area contributed by atoms with Crippen molar-refractivity contribution in [2.75, 3.05) is 12.4 Å². The summed E-state index contributed by atoms with van der Waals surface area (Å²) in [6.45, 7) is 7.99. The van der Waals surface area contributed by atoms with Crippen LogP contribution >= 0.6 is 11.8 Å². The molecule has 1 atom stereocenters. The molecule has 6 heteroatoms. The number of nitriles is 1. The van der Waals surface area contributed by atoms with E-state index in [-0.39, 0.29) is 18.1 Å². The van der Waals surface area contributed by atoms with E-state index in [0.717, 1.165) is 16.2 Å². The van der Waals surface area contributed by atoms with E-state index in [1.807, 2.05) is 24.3 Å². The first-order chi connectivity index (χ1) is 12.4. The Balaban J connectivity index is 2.41. The summed E-state index contributed by atoms with van der Waals surface area (Å²) in [5, 5.41) is 9.56. The van der Waals surface area contributed by atoms with E-state index in [1.165, 1.54) is 0 Å². The summed E-state index contributed by atoms with van der Waals surface area (Å²) in [6.07, 6.45) is 0. The number of carbonyl (C=O) groups excluding carboxylic acids is 1. The third kappa shape index (κ3) is 4.41. The molecule has 0 aliphatic carbocycles. The maximum atomic E-state index is 12.5. The minimum atomic E-state index is -0.586. The highest BCUT2D eigenvalue weighted by Gasteiger charge is 2.36. The van der Waals surface area contributed by atoms with Crippen molar-refractivity contribution in [3.8, 4) is 6.07 Å². The van der Waals surface area contributed by atoms with Crippen LogP contribution in [0.5, 0.6) is 0 Å². The molecule has 1 aromatic rings. The second-order valence-corrected chi connectivity index (χ2v) is 7.48. The summed E-state index contributed by atoms with van der Waals surface area (Å²) in [6, 6.07) is 9.94. The van der Waals surface area contributed by atoms with Gasteiger partial charge in [0.05, 0.1) is 18.1 Å². The molecule has 0 saturated heterocycles. The number of esters is 1. The smallest absolute Gasteiger partial charge is 0.338 e. The highest BCUT2D eigenvalue weighted by Crippen LogP contribution is 2.40. The first-order valence-electron chi connectivity index (χ1n) is 8.57. The second kappa shape index (κ2) is 8.81. The Morgan fingerprint density at radius 2 is 2.04 bits per heavy atom. The van der Waals surface area contributed by atoms with E-state index in [0.29, 0.717) is 17.3 Å². The van der Waals surface area contributed by atoms with Crippen molar-refractivity contribution in [2.45, 2.75) is 38.5 Å². The van der Waals surface area contributed by atoms with Gasteiger partial charge in [0.2, 0.25) is 5.88 Å².